The number of nitrogens with one attached hydrogen (secondary N) is 1. The first kappa shape index (κ1) is 6.95. The van der Waals surface area contributed by atoms with Gasteiger partial charge in [0.25, 0.3) is 0 Å². The third kappa shape index (κ3) is 1.22. The SMILES string of the molecule is N=C1N=C(N)C=C1CCO. The molecule has 54 valence electrons. The van der Waals surface area contributed by atoms with E-state index in [1.54, 1.807) is 6.08 Å². The van der Waals surface area contributed by atoms with Crippen molar-refractivity contribution in [1.29, 1.82) is 5.41 Å². The molecule has 0 aromatic carbocycles. The van der Waals surface area contributed by atoms with Crippen molar-refractivity contribution in [2.75, 3.05) is 6.61 Å². The fourth-order valence-electron chi connectivity index (χ4n) is 0.791. The molecule has 0 aliphatic carbocycles. The van der Waals surface area contributed by atoms with E-state index in [0.29, 0.717) is 17.8 Å². The zero-order valence-corrected chi connectivity index (χ0v) is 5.46. The summed E-state index contributed by atoms with van der Waals surface area (Å²) in [5.74, 6) is 0.528. The highest BCUT2D eigenvalue weighted by atomic mass is 16.2. The van der Waals surface area contributed by atoms with Crippen LogP contribution in [0.2, 0.25) is 0 Å². The van der Waals surface area contributed by atoms with Gasteiger partial charge in [0, 0.05) is 12.2 Å². The van der Waals surface area contributed by atoms with Gasteiger partial charge in [-0.25, -0.2) is 4.99 Å². The summed E-state index contributed by atoms with van der Waals surface area (Å²) in [6, 6.07) is 0. The Balaban J connectivity index is 2.66. The molecule has 0 bridgehead atoms. The predicted octanol–water partition coefficient (Wildman–Crippen LogP) is -0.357. The van der Waals surface area contributed by atoms with Crippen LogP contribution >= 0.6 is 0 Å². The maximum Gasteiger partial charge on any atom is 0.150 e. The highest BCUT2D eigenvalue weighted by Gasteiger charge is 2.10. The van der Waals surface area contributed by atoms with Gasteiger partial charge in [-0.3, -0.25) is 5.41 Å². The Morgan fingerprint density at radius 2 is 2.40 bits per heavy atom. The summed E-state index contributed by atoms with van der Waals surface area (Å²) in [6.07, 6.45) is 2.07. The van der Waals surface area contributed by atoms with E-state index in [1.807, 2.05) is 0 Å². The van der Waals surface area contributed by atoms with Gasteiger partial charge in [0.05, 0.1) is 0 Å². The zero-order valence-electron chi connectivity index (χ0n) is 5.46. The van der Waals surface area contributed by atoms with Crippen LogP contribution in [0, 0.1) is 5.41 Å². The second kappa shape index (κ2) is 2.62. The average molecular weight is 139 g/mol. The molecule has 0 unspecified atom stereocenters. The van der Waals surface area contributed by atoms with E-state index in [0.717, 1.165) is 0 Å². The standard InChI is InChI=1S/C6H9N3O/c7-5-3-4(1-2-10)6(8)9-5/h3,10H,1-2H2,(H3,7,8,9). The molecule has 1 rings (SSSR count). The molecule has 0 saturated heterocycles. The maximum absolute atomic E-state index is 8.50. The van der Waals surface area contributed by atoms with Crippen molar-refractivity contribution in [3.63, 3.8) is 0 Å². The quantitative estimate of drug-likeness (QED) is 0.488. The molecule has 4 heteroatoms. The molecule has 1 aliphatic rings. The first-order valence-electron chi connectivity index (χ1n) is 2.98. The summed E-state index contributed by atoms with van der Waals surface area (Å²) in [6.45, 7) is 0.0387. The van der Waals surface area contributed by atoms with Gasteiger partial charge in [-0.05, 0) is 12.5 Å². The Labute approximate surface area is 58.6 Å². The van der Waals surface area contributed by atoms with Crippen molar-refractivity contribution in [2.45, 2.75) is 6.42 Å². The van der Waals surface area contributed by atoms with Crippen LogP contribution in [0.4, 0.5) is 0 Å². The lowest BCUT2D eigenvalue weighted by Gasteiger charge is -1.93. The number of amidine groups is 2. The van der Waals surface area contributed by atoms with Gasteiger partial charge in [0.15, 0.2) is 0 Å². The van der Waals surface area contributed by atoms with E-state index in [1.165, 1.54) is 0 Å². The molecule has 0 spiro atoms. The summed E-state index contributed by atoms with van der Waals surface area (Å²) in [7, 11) is 0. The number of aliphatic imine (C=N–C) groups is 1. The van der Waals surface area contributed by atoms with E-state index in [-0.39, 0.29) is 12.4 Å². The molecule has 0 radical (unpaired) electrons. The number of nitrogens with two attached hydrogens (primary N) is 1. The molecule has 1 heterocycles. The van der Waals surface area contributed by atoms with E-state index in [9.17, 15) is 0 Å². The minimum Gasteiger partial charge on any atom is -0.396 e. The Morgan fingerprint density at radius 3 is 2.80 bits per heavy atom. The molecular weight excluding hydrogens is 130 g/mol. The number of hydrogen-bond acceptors (Lipinski definition) is 3. The molecule has 4 N–H and O–H groups in total. The molecular formula is C6H9N3O. The van der Waals surface area contributed by atoms with Crippen LogP contribution in [0.3, 0.4) is 0 Å². The van der Waals surface area contributed by atoms with Gasteiger partial charge >= 0.3 is 0 Å². The van der Waals surface area contributed by atoms with Crippen LogP contribution in [-0.2, 0) is 0 Å². The van der Waals surface area contributed by atoms with E-state index in [4.69, 9.17) is 16.2 Å². The van der Waals surface area contributed by atoms with Gasteiger partial charge in [0.2, 0.25) is 0 Å². The van der Waals surface area contributed by atoms with Crippen molar-refractivity contribution in [3.05, 3.63) is 11.6 Å². The number of aliphatic hydroxyl groups excluding tert-OH is 1. The summed E-state index contributed by atoms with van der Waals surface area (Å²) in [5, 5.41) is 15.7. The molecule has 0 fully saturated rings. The highest BCUT2D eigenvalue weighted by molar-refractivity contribution is 6.15. The largest absolute Gasteiger partial charge is 0.396 e. The normalized spacial score (nSPS) is 17.1. The van der Waals surface area contributed by atoms with Gasteiger partial charge in [0.1, 0.15) is 11.7 Å². The second-order valence-corrected chi connectivity index (χ2v) is 2.03. The highest BCUT2D eigenvalue weighted by Crippen LogP contribution is 2.08. The van der Waals surface area contributed by atoms with Crippen LogP contribution in [0.5, 0.6) is 0 Å². The van der Waals surface area contributed by atoms with Gasteiger partial charge < -0.3 is 10.8 Å². The van der Waals surface area contributed by atoms with Gasteiger partial charge in [-0.15, -0.1) is 0 Å². The van der Waals surface area contributed by atoms with Crippen molar-refractivity contribution < 1.29 is 5.11 Å². The predicted molar refractivity (Wildman–Crippen MR) is 39.1 cm³/mol. The molecule has 0 aromatic heterocycles. The Morgan fingerprint density at radius 1 is 1.70 bits per heavy atom. The third-order valence-corrected chi connectivity index (χ3v) is 1.25. The van der Waals surface area contributed by atoms with Crippen molar-refractivity contribution in [3.8, 4) is 0 Å². The number of hydrogen-bond donors (Lipinski definition) is 3. The smallest absolute Gasteiger partial charge is 0.150 e. The van der Waals surface area contributed by atoms with Crippen molar-refractivity contribution >= 4 is 11.7 Å². The first-order valence-corrected chi connectivity index (χ1v) is 2.98. The second-order valence-electron chi connectivity index (χ2n) is 2.03. The topological polar surface area (TPSA) is 82.5 Å². The summed E-state index contributed by atoms with van der Waals surface area (Å²) in [5.41, 5.74) is 6.01. The number of rotatable bonds is 2. The lowest BCUT2D eigenvalue weighted by Crippen LogP contribution is -2.04. The lowest BCUT2D eigenvalue weighted by molar-refractivity contribution is 0.301. The minimum absolute atomic E-state index is 0.0387. The third-order valence-electron chi connectivity index (χ3n) is 1.25. The number of nitrogens with zero attached hydrogens (tertiary/aromatic N) is 1. The Kier molecular flexibility index (Phi) is 1.82. The fourth-order valence-corrected chi connectivity index (χ4v) is 0.791. The molecule has 4 nitrogen and oxygen atoms in total. The number of aliphatic hydroxyl groups is 1. The van der Waals surface area contributed by atoms with E-state index >= 15 is 0 Å². The molecule has 0 amide bonds. The van der Waals surface area contributed by atoms with Crippen LogP contribution < -0.4 is 5.73 Å². The summed E-state index contributed by atoms with van der Waals surface area (Å²) in [4.78, 5) is 3.66. The van der Waals surface area contributed by atoms with Crippen molar-refractivity contribution in [1.82, 2.24) is 0 Å². The Bertz CT molecular complexity index is 217. The summed E-state index contributed by atoms with van der Waals surface area (Å²) < 4.78 is 0. The van der Waals surface area contributed by atoms with E-state index in [2.05, 4.69) is 4.99 Å². The first-order chi connectivity index (χ1) is 4.74. The van der Waals surface area contributed by atoms with Gasteiger partial charge in [-0.1, -0.05) is 0 Å². The molecule has 10 heavy (non-hydrogen) atoms. The van der Waals surface area contributed by atoms with Crippen LogP contribution in [0.25, 0.3) is 0 Å². The fraction of sp³-hybridized carbons (Fsp3) is 0.333. The zero-order chi connectivity index (χ0) is 7.56. The maximum atomic E-state index is 8.50. The van der Waals surface area contributed by atoms with Gasteiger partial charge in [-0.2, -0.15) is 0 Å². The van der Waals surface area contributed by atoms with Crippen molar-refractivity contribution in [2.24, 2.45) is 10.7 Å². The van der Waals surface area contributed by atoms with Crippen LogP contribution in [0.15, 0.2) is 16.6 Å². The summed E-state index contributed by atoms with van der Waals surface area (Å²) >= 11 is 0. The molecule has 1 aliphatic heterocycles. The Hall–Kier alpha value is -1.16. The monoisotopic (exact) mass is 139 g/mol. The molecule has 0 aromatic rings. The van der Waals surface area contributed by atoms with Crippen LogP contribution in [-0.4, -0.2) is 23.4 Å². The van der Waals surface area contributed by atoms with E-state index < -0.39 is 0 Å². The minimum atomic E-state index is 0.0387. The molecule has 0 atom stereocenters. The van der Waals surface area contributed by atoms with Crippen LogP contribution in [0.1, 0.15) is 6.42 Å². The lowest BCUT2D eigenvalue weighted by atomic mass is 10.2. The average Bonchev–Trinajstić information content (AvgIpc) is 2.13. The molecule has 0 saturated carbocycles.